The van der Waals surface area contributed by atoms with Gasteiger partial charge in [-0.25, -0.2) is 0 Å². The van der Waals surface area contributed by atoms with Crippen LogP contribution in [0.3, 0.4) is 0 Å². The molecular formula is C17H21NO2. The molecule has 0 bridgehead atoms. The number of nitrogens with zero attached hydrogens (tertiary/aromatic N) is 1. The van der Waals surface area contributed by atoms with E-state index in [0.717, 1.165) is 42.6 Å². The third-order valence-electron chi connectivity index (χ3n) is 3.93. The number of aliphatic hydroxyl groups excluding tert-OH is 1. The second-order valence-electron chi connectivity index (χ2n) is 5.30. The summed E-state index contributed by atoms with van der Waals surface area (Å²) in [7, 11) is 0. The number of amides is 1. The van der Waals surface area contributed by atoms with Gasteiger partial charge in [0.05, 0.1) is 0 Å². The van der Waals surface area contributed by atoms with Gasteiger partial charge in [0.1, 0.15) is 6.61 Å². The molecule has 1 heterocycles. The minimum atomic E-state index is -0.147. The predicted molar refractivity (Wildman–Crippen MR) is 79.4 cm³/mol. The summed E-state index contributed by atoms with van der Waals surface area (Å²) in [4.78, 5) is 14.4. The molecule has 1 aliphatic heterocycles. The molecule has 1 aliphatic rings. The van der Waals surface area contributed by atoms with Crippen molar-refractivity contribution >= 4 is 5.91 Å². The number of carbonyl (C=O) groups excluding carboxylic acids is 1. The van der Waals surface area contributed by atoms with Crippen LogP contribution in [0.5, 0.6) is 0 Å². The molecule has 0 aromatic heterocycles. The van der Waals surface area contributed by atoms with Gasteiger partial charge in [-0.05, 0) is 43.0 Å². The lowest BCUT2D eigenvalue weighted by molar-refractivity contribution is 0.0787. The van der Waals surface area contributed by atoms with Gasteiger partial charge in [0.15, 0.2) is 0 Å². The minimum absolute atomic E-state index is 0.116. The highest BCUT2D eigenvalue weighted by Gasteiger charge is 2.25. The van der Waals surface area contributed by atoms with Crippen LogP contribution in [-0.2, 0) is 0 Å². The average molecular weight is 271 g/mol. The summed E-state index contributed by atoms with van der Waals surface area (Å²) in [5.74, 6) is 6.29. The van der Waals surface area contributed by atoms with E-state index in [2.05, 4.69) is 18.8 Å². The Hall–Kier alpha value is -1.79. The number of hydrogen-bond acceptors (Lipinski definition) is 2. The van der Waals surface area contributed by atoms with Crippen molar-refractivity contribution in [2.75, 3.05) is 19.7 Å². The van der Waals surface area contributed by atoms with Gasteiger partial charge in [-0.15, -0.1) is 0 Å². The Morgan fingerprint density at radius 1 is 1.50 bits per heavy atom. The molecule has 1 saturated heterocycles. The lowest BCUT2D eigenvalue weighted by atomic mass is 10.0. The van der Waals surface area contributed by atoms with Crippen molar-refractivity contribution in [2.45, 2.75) is 26.7 Å². The van der Waals surface area contributed by atoms with Crippen molar-refractivity contribution in [3.63, 3.8) is 0 Å². The summed E-state index contributed by atoms with van der Waals surface area (Å²) in [5, 5.41) is 8.72. The zero-order valence-corrected chi connectivity index (χ0v) is 12.1. The monoisotopic (exact) mass is 271 g/mol. The Kier molecular flexibility index (Phi) is 4.81. The van der Waals surface area contributed by atoms with E-state index in [1.807, 2.05) is 30.0 Å². The van der Waals surface area contributed by atoms with E-state index in [0.29, 0.717) is 5.92 Å². The maximum absolute atomic E-state index is 12.4. The highest BCUT2D eigenvalue weighted by atomic mass is 16.2. The van der Waals surface area contributed by atoms with E-state index in [-0.39, 0.29) is 12.5 Å². The Labute approximate surface area is 120 Å². The van der Waals surface area contributed by atoms with Crippen molar-refractivity contribution in [1.29, 1.82) is 0 Å². The molecule has 1 amide bonds. The zero-order valence-electron chi connectivity index (χ0n) is 12.1. The van der Waals surface area contributed by atoms with Crippen LogP contribution in [0.1, 0.15) is 41.3 Å². The third-order valence-corrected chi connectivity index (χ3v) is 3.93. The fraction of sp³-hybridized carbons (Fsp3) is 0.471. The van der Waals surface area contributed by atoms with Crippen molar-refractivity contribution in [3.8, 4) is 11.8 Å². The average Bonchev–Trinajstić information content (AvgIpc) is 2.94. The van der Waals surface area contributed by atoms with Gasteiger partial charge >= 0.3 is 0 Å². The van der Waals surface area contributed by atoms with Crippen molar-refractivity contribution in [2.24, 2.45) is 5.92 Å². The van der Waals surface area contributed by atoms with E-state index < -0.39 is 0 Å². The van der Waals surface area contributed by atoms with E-state index in [1.54, 1.807) is 0 Å². The molecule has 1 N–H and O–H groups in total. The van der Waals surface area contributed by atoms with E-state index >= 15 is 0 Å². The molecule has 0 spiro atoms. The highest BCUT2D eigenvalue weighted by molar-refractivity contribution is 5.94. The van der Waals surface area contributed by atoms with Crippen LogP contribution in [0.2, 0.25) is 0 Å². The smallest absolute Gasteiger partial charge is 0.253 e. The van der Waals surface area contributed by atoms with Crippen LogP contribution in [0.15, 0.2) is 18.2 Å². The van der Waals surface area contributed by atoms with Crippen molar-refractivity contribution in [3.05, 3.63) is 34.9 Å². The normalized spacial score (nSPS) is 17.8. The number of aliphatic hydroxyl groups is 1. The van der Waals surface area contributed by atoms with Crippen molar-refractivity contribution < 1.29 is 9.90 Å². The van der Waals surface area contributed by atoms with Crippen LogP contribution in [0, 0.1) is 24.7 Å². The van der Waals surface area contributed by atoms with Crippen LogP contribution < -0.4 is 0 Å². The lowest BCUT2D eigenvalue weighted by Crippen LogP contribution is -2.28. The summed E-state index contributed by atoms with van der Waals surface area (Å²) in [6.45, 7) is 5.71. The van der Waals surface area contributed by atoms with E-state index in [9.17, 15) is 4.79 Å². The molecule has 20 heavy (non-hydrogen) atoms. The van der Waals surface area contributed by atoms with Gasteiger partial charge in [-0.1, -0.05) is 25.2 Å². The number of carbonyl (C=O) groups is 1. The Balaban J connectivity index is 2.13. The summed E-state index contributed by atoms with van der Waals surface area (Å²) < 4.78 is 0. The zero-order chi connectivity index (χ0) is 14.5. The van der Waals surface area contributed by atoms with Gasteiger partial charge in [0.25, 0.3) is 5.91 Å². The minimum Gasteiger partial charge on any atom is -0.384 e. The topological polar surface area (TPSA) is 40.5 Å². The van der Waals surface area contributed by atoms with E-state index in [1.165, 1.54) is 0 Å². The molecule has 1 unspecified atom stereocenters. The number of likely N-dealkylation sites (tertiary alicyclic amines) is 1. The first-order valence-corrected chi connectivity index (χ1v) is 7.15. The fourth-order valence-electron chi connectivity index (χ4n) is 2.60. The SMILES string of the molecule is CCC1CCN(C(=O)c2ccc(C#CCO)c(C)c2)C1. The van der Waals surface area contributed by atoms with Gasteiger partial charge < -0.3 is 10.0 Å². The van der Waals surface area contributed by atoms with Gasteiger partial charge in [0.2, 0.25) is 0 Å². The summed E-state index contributed by atoms with van der Waals surface area (Å²) >= 11 is 0. The lowest BCUT2D eigenvalue weighted by Gasteiger charge is -2.16. The molecule has 1 fully saturated rings. The Bertz CT molecular complexity index is 554. The first kappa shape index (κ1) is 14.6. The second kappa shape index (κ2) is 6.58. The molecule has 1 atom stereocenters. The number of hydrogen-bond donors (Lipinski definition) is 1. The van der Waals surface area contributed by atoms with Gasteiger partial charge in [0, 0.05) is 24.2 Å². The van der Waals surface area contributed by atoms with Gasteiger partial charge in [-0.3, -0.25) is 4.79 Å². The molecular weight excluding hydrogens is 250 g/mol. The molecule has 0 aliphatic carbocycles. The number of benzene rings is 1. The van der Waals surface area contributed by atoms with Crippen LogP contribution in [-0.4, -0.2) is 35.6 Å². The van der Waals surface area contributed by atoms with E-state index in [4.69, 9.17) is 5.11 Å². The highest BCUT2D eigenvalue weighted by Crippen LogP contribution is 2.21. The Morgan fingerprint density at radius 2 is 2.30 bits per heavy atom. The van der Waals surface area contributed by atoms with Crippen LogP contribution >= 0.6 is 0 Å². The predicted octanol–water partition coefficient (Wildman–Crippen LogP) is 2.21. The molecule has 2 rings (SSSR count). The molecule has 0 saturated carbocycles. The first-order chi connectivity index (χ1) is 9.65. The van der Waals surface area contributed by atoms with Crippen molar-refractivity contribution in [1.82, 2.24) is 4.90 Å². The summed E-state index contributed by atoms with van der Waals surface area (Å²) in [5.41, 5.74) is 2.57. The third kappa shape index (κ3) is 3.20. The maximum atomic E-state index is 12.4. The number of aryl methyl sites for hydroxylation is 1. The molecule has 0 radical (unpaired) electrons. The maximum Gasteiger partial charge on any atom is 0.253 e. The number of rotatable bonds is 2. The Morgan fingerprint density at radius 3 is 2.90 bits per heavy atom. The van der Waals surface area contributed by atoms with Crippen LogP contribution in [0.4, 0.5) is 0 Å². The second-order valence-corrected chi connectivity index (χ2v) is 5.30. The summed E-state index contributed by atoms with van der Waals surface area (Å²) in [6, 6.07) is 5.58. The molecule has 3 heteroatoms. The first-order valence-electron chi connectivity index (χ1n) is 7.15. The fourth-order valence-corrected chi connectivity index (χ4v) is 2.60. The van der Waals surface area contributed by atoms with Gasteiger partial charge in [-0.2, -0.15) is 0 Å². The molecule has 3 nitrogen and oxygen atoms in total. The molecule has 1 aromatic carbocycles. The molecule has 106 valence electrons. The quantitative estimate of drug-likeness (QED) is 0.838. The molecule has 1 aromatic rings. The van der Waals surface area contributed by atoms with Crippen LogP contribution in [0.25, 0.3) is 0 Å². The standard InChI is InChI=1S/C17H21NO2/c1-3-14-8-9-18(12-14)17(20)16-7-6-15(5-4-10-19)13(2)11-16/h6-7,11,14,19H,3,8-10,12H2,1-2H3. The summed E-state index contributed by atoms with van der Waals surface area (Å²) in [6.07, 6.45) is 2.25. The largest absolute Gasteiger partial charge is 0.384 e.